The second-order valence-electron chi connectivity index (χ2n) is 5.01. The van der Waals surface area contributed by atoms with Crippen LogP contribution >= 0.6 is 0 Å². The summed E-state index contributed by atoms with van der Waals surface area (Å²) in [7, 11) is 0. The van der Waals surface area contributed by atoms with Crippen LogP contribution in [0.3, 0.4) is 0 Å². The molecule has 148 valence electrons. The lowest BCUT2D eigenvalue weighted by atomic mass is 9.94. The predicted octanol–water partition coefficient (Wildman–Crippen LogP) is 6.14. The lowest BCUT2D eigenvalue weighted by Crippen LogP contribution is -2.68. The molecule has 0 saturated carbocycles. The molecule has 0 aliphatic heterocycles. The molecule has 12 heteroatoms. The number of halogens is 12. The maximum absolute atomic E-state index is 13.4. The summed E-state index contributed by atoms with van der Waals surface area (Å²) in [6.45, 7) is 0. The van der Waals surface area contributed by atoms with Crippen molar-refractivity contribution in [2.24, 2.45) is 0 Å². The van der Waals surface area contributed by atoms with Crippen molar-refractivity contribution in [2.45, 2.75) is 36.0 Å². The first-order valence-electron chi connectivity index (χ1n) is 6.44. The first-order valence-corrected chi connectivity index (χ1v) is 6.44. The summed E-state index contributed by atoms with van der Waals surface area (Å²) >= 11 is 0. The van der Waals surface area contributed by atoms with Crippen molar-refractivity contribution in [3.05, 3.63) is 42.0 Å². The normalized spacial score (nSPS) is 15.1. The van der Waals surface area contributed by atoms with Crippen LogP contribution in [0.4, 0.5) is 52.7 Å². The van der Waals surface area contributed by atoms with Crippen LogP contribution < -0.4 is 0 Å². The maximum Gasteiger partial charge on any atom is 0.385 e. The highest BCUT2D eigenvalue weighted by Gasteiger charge is 2.87. The van der Waals surface area contributed by atoms with Crippen LogP contribution in [0.1, 0.15) is 5.56 Å². The van der Waals surface area contributed by atoms with Gasteiger partial charge in [-0.2, -0.15) is 43.9 Å². The van der Waals surface area contributed by atoms with Crippen LogP contribution in [0, 0.1) is 0 Å². The molecule has 0 aliphatic rings. The van der Waals surface area contributed by atoms with Gasteiger partial charge in [-0.1, -0.05) is 36.4 Å². The van der Waals surface area contributed by atoms with E-state index in [4.69, 9.17) is 0 Å². The molecule has 0 bridgehead atoms. The van der Waals surface area contributed by atoms with Gasteiger partial charge >= 0.3 is 36.0 Å². The van der Waals surface area contributed by atoms with Crippen molar-refractivity contribution in [3.63, 3.8) is 0 Å². The van der Waals surface area contributed by atoms with Crippen molar-refractivity contribution in [3.8, 4) is 0 Å². The minimum Gasteiger partial charge on any atom is -0.203 e. The van der Waals surface area contributed by atoms with Crippen LogP contribution in [0.2, 0.25) is 0 Å². The SMILES string of the molecule is FC(F)C(F)(F)C(F)(F)C(F)(F)C(F)(F)C(F)(F)/C=C\c1ccccc1. The molecule has 1 rings (SSSR count). The van der Waals surface area contributed by atoms with E-state index >= 15 is 0 Å². The molecule has 0 fully saturated rings. The van der Waals surface area contributed by atoms with Crippen LogP contribution in [-0.4, -0.2) is 36.0 Å². The molecule has 1 aromatic carbocycles. The molecule has 0 N–H and O–H groups in total. The highest BCUT2D eigenvalue weighted by Crippen LogP contribution is 2.58. The molecule has 0 amide bonds. The van der Waals surface area contributed by atoms with E-state index in [0.717, 1.165) is 12.1 Å². The number of rotatable bonds is 7. The number of hydrogen-bond acceptors (Lipinski definition) is 0. The summed E-state index contributed by atoms with van der Waals surface area (Å²) < 4.78 is 155. The van der Waals surface area contributed by atoms with Crippen LogP contribution in [-0.2, 0) is 0 Å². The first-order chi connectivity index (χ1) is 11.5. The fraction of sp³-hybridized carbons (Fsp3) is 0.429. The Bertz CT molecular complexity index is 633. The van der Waals surface area contributed by atoms with Gasteiger partial charge in [-0.3, -0.25) is 0 Å². The van der Waals surface area contributed by atoms with Gasteiger partial charge < -0.3 is 0 Å². The fourth-order valence-corrected chi connectivity index (χ4v) is 1.62. The van der Waals surface area contributed by atoms with Gasteiger partial charge in [-0.15, -0.1) is 0 Å². The van der Waals surface area contributed by atoms with E-state index in [-0.39, 0.29) is 11.6 Å². The van der Waals surface area contributed by atoms with E-state index in [2.05, 4.69) is 0 Å². The lowest BCUT2D eigenvalue weighted by Gasteiger charge is -2.38. The van der Waals surface area contributed by atoms with E-state index in [1.807, 2.05) is 0 Å². The third kappa shape index (κ3) is 3.37. The average molecular weight is 404 g/mol. The molecule has 0 aliphatic carbocycles. The molecule has 0 radical (unpaired) electrons. The second-order valence-corrected chi connectivity index (χ2v) is 5.01. The van der Waals surface area contributed by atoms with Crippen LogP contribution in [0.5, 0.6) is 0 Å². The molecule has 0 spiro atoms. The summed E-state index contributed by atoms with van der Waals surface area (Å²) in [6.07, 6.45) is -6.27. The van der Waals surface area contributed by atoms with E-state index in [0.29, 0.717) is 0 Å². The lowest BCUT2D eigenvalue weighted by molar-refractivity contribution is -0.406. The quantitative estimate of drug-likeness (QED) is 0.479. The average Bonchev–Trinajstić information content (AvgIpc) is 2.53. The van der Waals surface area contributed by atoms with E-state index < -0.39 is 42.1 Å². The standard InChI is InChI=1S/C14H8F12/c15-9(16)11(19,20)13(23,24)14(25,26)12(21,22)10(17,18)7-6-8-4-2-1-3-5-8/h1-7,9H/b7-6-. The van der Waals surface area contributed by atoms with E-state index in [1.54, 1.807) is 0 Å². The van der Waals surface area contributed by atoms with Crippen molar-refractivity contribution >= 4 is 6.08 Å². The Morgan fingerprint density at radius 3 is 1.54 bits per heavy atom. The minimum atomic E-state index is -7.51. The Balaban J connectivity index is 3.33. The number of allylic oxidation sites excluding steroid dienone is 1. The Morgan fingerprint density at radius 1 is 0.654 bits per heavy atom. The maximum atomic E-state index is 13.4. The highest BCUT2D eigenvalue weighted by atomic mass is 19.4. The Morgan fingerprint density at radius 2 is 1.12 bits per heavy atom. The topological polar surface area (TPSA) is 0 Å². The molecule has 0 aromatic heterocycles. The van der Waals surface area contributed by atoms with E-state index in [9.17, 15) is 52.7 Å². The van der Waals surface area contributed by atoms with Gasteiger partial charge in [0.2, 0.25) is 0 Å². The largest absolute Gasteiger partial charge is 0.385 e. The molecule has 0 nitrogen and oxygen atoms in total. The Hall–Kier alpha value is -1.88. The number of benzene rings is 1. The Kier molecular flexibility index (Phi) is 5.70. The first kappa shape index (κ1) is 22.2. The van der Waals surface area contributed by atoms with Crippen LogP contribution in [0.25, 0.3) is 6.08 Å². The zero-order chi connectivity index (χ0) is 20.6. The summed E-state index contributed by atoms with van der Waals surface area (Å²) in [5.74, 6) is -35.2. The third-order valence-electron chi connectivity index (χ3n) is 3.18. The van der Waals surface area contributed by atoms with E-state index in [1.165, 1.54) is 18.2 Å². The predicted molar refractivity (Wildman–Crippen MR) is 66.2 cm³/mol. The molecule has 1 aromatic rings. The van der Waals surface area contributed by atoms with Gasteiger partial charge in [0.1, 0.15) is 0 Å². The highest BCUT2D eigenvalue weighted by molar-refractivity contribution is 5.50. The van der Waals surface area contributed by atoms with Crippen molar-refractivity contribution in [2.75, 3.05) is 0 Å². The summed E-state index contributed by atoms with van der Waals surface area (Å²) in [5, 5.41) is 0. The second kappa shape index (κ2) is 6.69. The summed E-state index contributed by atoms with van der Waals surface area (Å²) in [6, 6.07) is 5.90. The van der Waals surface area contributed by atoms with Gasteiger partial charge in [0.05, 0.1) is 0 Å². The van der Waals surface area contributed by atoms with Crippen LogP contribution in [0.15, 0.2) is 36.4 Å². The molecule has 0 saturated heterocycles. The van der Waals surface area contributed by atoms with Crippen molar-refractivity contribution in [1.29, 1.82) is 0 Å². The van der Waals surface area contributed by atoms with Gasteiger partial charge in [-0.25, -0.2) is 8.78 Å². The number of alkyl halides is 12. The molecule has 0 unspecified atom stereocenters. The van der Waals surface area contributed by atoms with Gasteiger partial charge in [0.25, 0.3) is 0 Å². The molecular weight excluding hydrogens is 396 g/mol. The zero-order valence-electron chi connectivity index (χ0n) is 12.2. The van der Waals surface area contributed by atoms with Gasteiger partial charge in [0.15, 0.2) is 0 Å². The number of hydrogen-bond donors (Lipinski definition) is 0. The summed E-state index contributed by atoms with van der Waals surface area (Å²) in [4.78, 5) is 0. The molecule has 0 atom stereocenters. The zero-order valence-corrected chi connectivity index (χ0v) is 12.2. The smallest absolute Gasteiger partial charge is 0.203 e. The van der Waals surface area contributed by atoms with Crippen molar-refractivity contribution in [1.82, 2.24) is 0 Å². The molecular formula is C14H8F12. The third-order valence-corrected chi connectivity index (χ3v) is 3.18. The Labute approximate surface area is 138 Å². The summed E-state index contributed by atoms with van der Waals surface area (Å²) in [5.41, 5.74) is -0.240. The monoisotopic (exact) mass is 404 g/mol. The van der Waals surface area contributed by atoms with Crippen molar-refractivity contribution < 1.29 is 52.7 Å². The molecule has 0 heterocycles. The van der Waals surface area contributed by atoms with Gasteiger partial charge in [0, 0.05) is 0 Å². The minimum absolute atomic E-state index is 0.146. The molecule has 26 heavy (non-hydrogen) atoms. The fourth-order valence-electron chi connectivity index (χ4n) is 1.62. The van der Waals surface area contributed by atoms with Gasteiger partial charge in [-0.05, 0) is 11.6 Å².